The third-order valence-electron chi connectivity index (χ3n) is 3.59. The number of rotatable bonds is 7. The second-order valence-electron chi connectivity index (χ2n) is 5.47. The van der Waals surface area contributed by atoms with E-state index >= 15 is 0 Å². The van der Waals surface area contributed by atoms with Gasteiger partial charge < -0.3 is 14.0 Å². The predicted octanol–water partition coefficient (Wildman–Crippen LogP) is 4.05. The van der Waals surface area contributed by atoms with Crippen LogP contribution in [0.4, 0.5) is 5.69 Å². The average molecular weight is 404 g/mol. The van der Waals surface area contributed by atoms with Crippen molar-refractivity contribution in [3.63, 3.8) is 0 Å². The number of nitrogens with zero attached hydrogens (tertiary/aromatic N) is 3. The van der Waals surface area contributed by atoms with Crippen molar-refractivity contribution in [2.75, 3.05) is 6.61 Å². The second-order valence-corrected chi connectivity index (χ2v) is 5.90. The van der Waals surface area contributed by atoms with E-state index < -0.39 is 10.9 Å². The molecule has 0 spiro atoms. The van der Waals surface area contributed by atoms with E-state index in [4.69, 9.17) is 25.6 Å². The molecule has 0 fully saturated rings. The van der Waals surface area contributed by atoms with Crippen LogP contribution in [-0.2, 0) is 11.3 Å². The van der Waals surface area contributed by atoms with Gasteiger partial charge in [0.25, 0.3) is 5.89 Å². The molecule has 28 heavy (non-hydrogen) atoms. The quantitative estimate of drug-likeness (QED) is 0.329. The molecular weight excluding hydrogens is 390 g/mol. The van der Waals surface area contributed by atoms with Crippen LogP contribution in [0.1, 0.15) is 23.2 Å². The SMILES string of the molecule is CCOc1ccc(C(=O)OCc2nc(-c3ccc(Cl)cc3)no2)cc1[N+](=O)[O-]. The highest BCUT2D eigenvalue weighted by molar-refractivity contribution is 6.30. The highest BCUT2D eigenvalue weighted by Gasteiger charge is 2.20. The van der Waals surface area contributed by atoms with E-state index in [1.54, 1.807) is 31.2 Å². The second kappa shape index (κ2) is 8.49. The molecule has 144 valence electrons. The zero-order chi connectivity index (χ0) is 20.1. The standard InChI is InChI=1S/C18H14ClN3O6/c1-2-26-15-8-5-12(9-14(15)22(24)25)18(23)27-10-16-20-17(21-28-16)11-3-6-13(19)7-4-11/h3-9H,2,10H2,1H3. The van der Waals surface area contributed by atoms with Crippen LogP contribution in [-0.4, -0.2) is 27.6 Å². The van der Waals surface area contributed by atoms with E-state index in [9.17, 15) is 14.9 Å². The van der Waals surface area contributed by atoms with Crippen molar-refractivity contribution >= 4 is 23.3 Å². The maximum atomic E-state index is 12.2. The number of carbonyl (C=O) groups excluding carboxylic acids is 1. The first-order valence-corrected chi connectivity index (χ1v) is 8.52. The Morgan fingerprint density at radius 3 is 2.68 bits per heavy atom. The van der Waals surface area contributed by atoms with Crippen molar-refractivity contribution in [2.24, 2.45) is 0 Å². The number of hydrogen-bond acceptors (Lipinski definition) is 8. The van der Waals surface area contributed by atoms with Gasteiger partial charge in [0.2, 0.25) is 5.82 Å². The van der Waals surface area contributed by atoms with Crippen molar-refractivity contribution in [3.05, 3.63) is 69.1 Å². The largest absolute Gasteiger partial charge is 0.487 e. The number of halogens is 1. The molecule has 0 saturated carbocycles. The third-order valence-corrected chi connectivity index (χ3v) is 3.84. The van der Waals surface area contributed by atoms with Crippen molar-refractivity contribution in [2.45, 2.75) is 13.5 Å². The molecular formula is C18H14ClN3O6. The molecule has 0 radical (unpaired) electrons. The Balaban J connectivity index is 1.68. The minimum absolute atomic E-state index is 0.00703. The number of nitro benzene ring substituents is 1. The molecule has 0 aliphatic rings. The van der Waals surface area contributed by atoms with Gasteiger partial charge in [-0.25, -0.2) is 4.79 Å². The maximum Gasteiger partial charge on any atom is 0.338 e. The van der Waals surface area contributed by atoms with Crippen molar-refractivity contribution in [3.8, 4) is 17.1 Å². The van der Waals surface area contributed by atoms with Gasteiger partial charge in [-0.15, -0.1) is 0 Å². The lowest BCUT2D eigenvalue weighted by atomic mass is 10.2. The lowest BCUT2D eigenvalue weighted by molar-refractivity contribution is -0.385. The number of nitro groups is 1. The summed E-state index contributed by atoms with van der Waals surface area (Å²) < 4.78 is 15.3. The van der Waals surface area contributed by atoms with E-state index in [-0.39, 0.29) is 36.1 Å². The Bertz CT molecular complexity index is 1000. The topological polar surface area (TPSA) is 118 Å². The number of carbonyl (C=O) groups is 1. The molecule has 1 heterocycles. The number of aromatic nitrogens is 2. The van der Waals surface area contributed by atoms with Gasteiger partial charge in [-0.3, -0.25) is 10.1 Å². The summed E-state index contributed by atoms with van der Waals surface area (Å²) in [6.07, 6.45) is 0. The van der Waals surface area contributed by atoms with Gasteiger partial charge >= 0.3 is 11.7 Å². The highest BCUT2D eigenvalue weighted by Crippen LogP contribution is 2.28. The van der Waals surface area contributed by atoms with Crippen molar-refractivity contribution in [1.82, 2.24) is 10.1 Å². The molecule has 0 aliphatic heterocycles. The minimum atomic E-state index is -0.766. The zero-order valence-electron chi connectivity index (χ0n) is 14.6. The molecule has 0 amide bonds. The van der Waals surface area contributed by atoms with Crippen LogP contribution in [0.2, 0.25) is 5.02 Å². The van der Waals surface area contributed by atoms with Gasteiger partial charge in [-0.05, 0) is 43.3 Å². The average Bonchev–Trinajstić information content (AvgIpc) is 3.16. The van der Waals surface area contributed by atoms with Crippen LogP contribution >= 0.6 is 11.6 Å². The molecule has 3 aromatic rings. The Morgan fingerprint density at radius 2 is 2.00 bits per heavy atom. The molecule has 9 nitrogen and oxygen atoms in total. The van der Waals surface area contributed by atoms with E-state index in [1.807, 2.05) is 0 Å². The molecule has 0 N–H and O–H groups in total. The summed E-state index contributed by atoms with van der Waals surface area (Å²) in [5.74, 6) is -0.288. The van der Waals surface area contributed by atoms with Gasteiger partial charge in [-0.1, -0.05) is 16.8 Å². The van der Waals surface area contributed by atoms with Crippen LogP contribution in [0, 0.1) is 10.1 Å². The van der Waals surface area contributed by atoms with Gasteiger partial charge in [-0.2, -0.15) is 4.98 Å². The molecule has 1 aromatic heterocycles. The first-order chi connectivity index (χ1) is 13.5. The molecule has 2 aromatic carbocycles. The Morgan fingerprint density at radius 1 is 1.25 bits per heavy atom. The van der Waals surface area contributed by atoms with Crippen molar-refractivity contribution < 1.29 is 23.7 Å². The lowest BCUT2D eigenvalue weighted by Crippen LogP contribution is -2.07. The highest BCUT2D eigenvalue weighted by atomic mass is 35.5. The minimum Gasteiger partial charge on any atom is -0.487 e. The monoisotopic (exact) mass is 403 g/mol. The summed E-state index contributed by atoms with van der Waals surface area (Å²) in [7, 11) is 0. The fraction of sp³-hybridized carbons (Fsp3) is 0.167. The fourth-order valence-corrected chi connectivity index (χ4v) is 2.43. The summed E-state index contributed by atoms with van der Waals surface area (Å²) >= 11 is 5.83. The number of ether oxygens (including phenoxy) is 2. The molecule has 3 rings (SSSR count). The van der Waals surface area contributed by atoms with Crippen LogP contribution < -0.4 is 4.74 Å². The van der Waals surface area contributed by atoms with E-state index in [2.05, 4.69) is 10.1 Å². The summed E-state index contributed by atoms with van der Waals surface area (Å²) in [5, 5.41) is 15.5. The first-order valence-electron chi connectivity index (χ1n) is 8.15. The van der Waals surface area contributed by atoms with E-state index in [0.29, 0.717) is 16.4 Å². The molecule has 0 unspecified atom stereocenters. The van der Waals surface area contributed by atoms with Gasteiger partial charge in [0.15, 0.2) is 12.4 Å². The summed E-state index contributed by atoms with van der Waals surface area (Å²) in [6, 6.07) is 10.7. The lowest BCUT2D eigenvalue weighted by Gasteiger charge is -2.06. The molecule has 10 heteroatoms. The Hall–Kier alpha value is -3.46. The van der Waals surface area contributed by atoms with Crippen LogP contribution in [0.25, 0.3) is 11.4 Å². The normalized spacial score (nSPS) is 10.5. The van der Waals surface area contributed by atoms with Crippen LogP contribution in [0.5, 0.6) is 5.75 Å². The summed E-state index contributed by atoms with van der Waals surface area (Å²) in [4.78, 5) is 26.8. The van der Waals surface area contributed by atoms with Crippen molar-refractivity contribution in [1.29, 1.82) is 0 Å². The number of benzene rings is 2. The van der Waals surface area contributed by atoms with E-state index in [1.165, 1.54) is 12.1 Å². The Kier molecular flexibility index (Phi) is 5.85. The van der Waals surface area contributed by atoms with Gasteiger partial charge in [0.05, 0.1) is 17.1 Å². The van der Waals surface area contributed by atoms with Gasteiger partial charge in [0.1, 0.15) is 0 Å². The predicted molar refractivity (Wildman–Crippen MR) is 98.1 cm³/mol. The number of hydrogen-bond donors (Lipinski definition) is 0. The zero-order valence-corrected chi connectivity index (χ0v) is 15.4. The van der Waals surface area contributed by atoms with E-state index in [0.717, 1.165) is 6.07 Å². The molecule has 0 aliphatic carbocycles. The maximum absolute atomic E-state index is 12.2. The summed E-state index contributed by atoms with van der Waals surface area (Å²) in [5.41, 5.74) is 0.375. The van der Waals surface area contributed by atoms with Crippen LogP contribution in [0.15, 0.2) is 47.0 Å². The molecule has 0 bridgehead atoms. The molecule has 0 atom stereocenters. The smallest absolute Gasteiger partial charge is 0.338 e. The number of esters is 1. The Labute approximate surface area is 164 Å². The molecule has 0 saturated heterocycles. The first kappa shape index (κ1) is 19.3. The van der Waals surface area contributed by atoms with Gasteiger partial charge in [0, 0.05) is 16.7 Å². The fourth-order valence-electron chi connectivity index (χ4n) is 2.30. The summed E-state index contributed by atoms with van der Waals surface area (Å²) in [6.45, 7) is 1.69. The van der Waals surface area contributed by atoms with Crippen LogP contribution in [0.3, 0.4) is 0 Å². The third kappa shape index (κ3) is 4.44.